The van der Waals surface area contributed by atoms with E-state index in [0.29, 0.717) is 12.6 Å². The van der Waals surface area contributed by atoms with E-state index in [4.69, 9.17) is 10.5 Å². The SMILES string of the molecule is CCN(c1ccc(C)cc1)C(CN)C1CCCO1. The Hall–Kier alpha value is -1.06. The number of hydrogen-bond acceptors (Lipinski definition) is 3. The van der Waals surface area contributed by atoms with Gasteiger partial charge in [-0.25, -0.2) is 0 Å². The van der Waals surface area contributed by atoms with Crippen LogP contribution in [0.15, 0.2) is 24.3 Å². The van der Waals surface area contributed by atoms with Crippen LogP contribution in [-0.4, -0.2) is 31.8 Å². The molecule has 1 aromatic carbocycles. The predicted octanol–water partition coefficient (Wildman–Crippen LogP) is 2.33. The Balaban J connectivity index is 2.17. The zero-order valence-electron chi connectivity index (χ0n) is 11.4. The van der Waals surface area contributed by atoms with Gasteiger partial charge >= 0.3 is 0 Å². The van der Waals surface area contributed by atoms with E-state index >= 15 is 0 Å². The van der Waals surface area contributed by atoms with Gasteiger partial charge in [-0.3, -0.25) is 0 Å². The summed E-state index contributed by atoms with van der Waals surface area (Å²) >= 11 is 0. The van der Waals surface area contributed by atoms with Crippen LogP contribution in [0.4, 0.5) is 5.69 Å². The molecule has 1 aliphatic heterocycles. The minimum Gasteiger partial charge on any atom is -0.376 e. The quantitative estimate of drug-likeness (QED) is 0.869. The van der Waals surface area contributed by atoms with Gasteiger partial charge in [0.2, 0.25) is 0 Å². The van der Waals surface area contributed by atoms with Crippen molar-refractivity contribution < 1.29 is 4.74 Å². The number of aryl methyl sites for hydroxylation is 1. The molecule has 0 bridgehead atoms. The molecule has 18 heavy (non-hydrogen) atoms. The molecule has 1 aliphatic rings. The standard InChI is InChI=1S/C15H24N2O/c1-3-17(13-8-6-12(2)7-9-13)14(11-16)15-5-4-10-18-15/h6-9,14-15H,3-5,10-11,16H2,1-2H3. The van der Waals surface area contributed by atoms with Crippen molar-refractivity contribution in [2.24, 2.45) is 5.73 Å². The van der Waals surface area contributed by atoms with Gasteiger partial charge in [0.05, 0.1) is 12.1 Å². The van der Waals surface area contributed by atoms with E-state index in [0.717, 1.165) is 26.0 Å². The predicted molar refractivity (Wildman–Crippen MR) is 76.0 cm³/mol. The van der Waals surface area contributed by atoms with Crippen molar-refractivity contribution in [2.75, 3.05) is 24.6 Å². The maximum Gasteiger partial charge on any atom is 0.0791 e. The van der Waals surface area contributed by atoms with Crippen LogP contribution in [-0.2, 0) is 4.74 Å². The fraction of sp³-hybridized carbons (Fsp3) is 0.600. The highest BCUT2D eigenvalue weighted by atomic mass is 16.5. The van der Waals surface area contributed by atoms with Gasteiger partial charge in [0.15, 0.2) is 0 Å². The Morgan fingerprint density at radius 2 is 2.11 bits per heavy atom. The number of benzene rings is 1. The van der Waals surface area contributed by atoms with Crippen molar-refractivity contribution in [3.05, 3.63) is 29.8 Å². The Kier molecular flexibility index (Phi) is 4.61. The van der Waals surface area contributed by atoms with E-state index < -0.39 is 0 Å². The first-order valence-electron chi connectivity index (χ1n) is 6.91. The second-order valence-corrected chi connectivity index (χ2v) is 4.98. The molecule has 3 nitrogen and oxygen atoms in total. The van der Waals surface area contributed by atoms with E-state index in [-0.39, 0.29) is 6.10 Å². The number of likely N-dealkylation sites (N-methyl/N-ethyl adjacent to an activating group) is 1. The normalized spacial score (nSPS) is 20.9. The molecule has 0 saturated carbocycles. The van der Waals surface area contributed by atoms with E-state index in [1.807, 2.05) is 0 Å². The van der Waals surface area contributed by atoms with Gasteiger partial charge < -0.3 is 15.4 Å². The van der Waals surface area contributed by atoms with Crippen molar-refractivity contribution in [3.8, 4) is 0 Å². The third-order valence-corrected chi connectivity index (χ3v) is 3.74. The molecule has 2 rings (SSSR count). The van der Waals surface area contributed by atoms with Crippen molar-refractivity contribution in [1.29, 1.82) is 0 Å². The van der Waals surface area contributed by atoms with Crippen LogP contribution in [0.5, 0.6) is 0 Å². The average molecular weight is 248 g/mol. The summed E-state index contributed by atoms with van der Waals surface area (Å²) in [6.45, 7) is 6.78. The Morgan fingerprint density at radius 3 is 2.61 bits per heavy atom. The molecule has 2 N–H and O–H groups in total. The summed E-state index contributed by atoms with van der Waals surface area (Å²) in [7, 11) is 0. The summed E-state index contributed by atoms with van der Waals surface area (Å²) in [6, 6.07) is 8.95. The first-order chi connectivity index (χ1) is 8.76. The summed E-state index contributed by atoms with van der Waals surface area (Å²) in [5.41, 5.74) is 8.51. The third kappa shape index (κ3) is 2.85. The molecule has 2 unspecified atom stereocenters. The zero-order valence-corrected chi connectivity index (χ0v) is 11.4. The Morgan fingerprint density at radius 1 is 1.39 bits per heavy atom. The number of hydrogen-bond donors (Lipinski definition) is 1. The largest absolute Gasteiger partial charge is 0.376 e. The smallest absolute Gasteiger partial charge is 0.0791 e. The molecule has 2 atom stereocenters. The van der Waals surface area contributed by atoms with Crippen molar-refractivity contribution in [3.63, 3.8) is 0 Å². The molecule has 0 amide bonds. The number of nitrogens with zero attached hydrogens (tertiary/aromatic N) is 1. The summed E-state index contributed by atoms with van der Waals surface area (Å²) in [5.74, 6) is 0. The molecule has 0 spiro atoms. The summed E-state index contributed by atoms with van der Waals surface area (Å²) in [4.78, 5) is 2.37. The second kappa shape index (κ2) is 6.21. The molecular formula is C15H24N2O. The first-order valence-corrected chi connectivity index (χ1v) is 6.91. The molecule has 0 aromatic heterocycles. The fourth-order valence-electron chi connectivity index (χ4n) is 2.73. The van der Waals surface area contributed by atoms with Crippen LogP contribution >= 0.6 is 0 Å². The first kappa shape index (κ1) is 13.4. The van der Waals surface area contributed by atoms with Gasteiger partial charge in [-0.05, 0) is 38.8 Å². The van der Waals surface area contributed by atoms with E-state index in [2.05, 4.69) is 43.0 Å². The summed E-state index contributed by atoms with van der Waals surface area (Å²) in [6.07, 6.45) is 2.58. The number of nitrogens with two attached hydrogens (primary N) is 1. The van der Waals surface area contributed by atoms with Gasteiger partial charge in [-0.2, -0.15) is 0 Å². The lowest BCUT2D eigenvalue weighted by Crippen LogP contribution is -2.48. The van der Waals surface area contributed by atoms with Gasteiger partial charge in [0, 0.05) is 25.4 Å². The molecule has 1 fully saturated rings. The maximum atomic E-state index is 5.97. The van der Waals surface area contributed by atoms with Crippen molar-refractivity contribution in [2.45, 2.75) is 38.8 Å². The lowest BCUT2D eigenvalue weighted by atomic mass is 10.0. The number of ether oxygens (including phenoxy) is 1. The summed E-state index contributed by atoms with van der Waals surface area (Å²) < 4.78 is 5.81. The number of anilines is 1. The lowest BCUT2D eigenvalue weighted by molar-refractivity contribution is 0.0895. The highest BCUT2D eigenvalue weighted by molar-refractivity contribution is 5.48. The number of rotatable bonds is 5. The minimum atomic E-state index is 0.288. The Bertz CT molecular complexity index is 357. The van der Waals surface area contributed by atoms with Gasteiger partial charge in [0.1, 0.15) is 0 Å². The minimum absolute atomic E-state index is 0.288. The van der Waals surface area contributed by atoms with Crippen LogP contribution in [0.3, 0.4) is 0 Å². The van der Waals surface area contributed by atoms with Crippen LogP contribution in [0.1, 0.15) is 25.3 Å². The van der Waals surface area contributed by atoms with Crippen LogP contribution in [0.2, 0.25) is 0 Å². The average Bonchev–Trinajstić information content (AvgIpc) is 2.91. The Labute approximate surface area is 110 Å². The fourth-order valence-corrected chi connectivity index (χ4v) is 2.73. The van der Waals surface area contributed by atoms with Crippen LogP contribution in [0.25, 0.3) is 0 Å². The van der Waals surface area contributed by atoms with Crippen molar-refractivity contribution >= 4 is 5.69 Å². The third-order valence-electron chi connectivity index (χ3n) is 3.74. The van der Waals surface area contributed by atoms with Crippen LogP contribution in [0, 0.1) is 6.92 Å². The second-order valence-electron chi connectivity index (χ2n) is 4.98. The molecule has 100 valence electrons. The maximum absolute atomic E-state index is 5.97. The lowest BCUT2D eigenvalue weighted by Gasteiger charge is -2.35. The molecule has 1 saturated heterocycles. The monoisotopic (exact) mass is 248 g/mol. The molecule has 1 aromatic rings. The molecule has 3 heteroatoms. The molecule has 0 aliphatic carbocycles. The van der Waals surface area contributed by atoms with Gasteiger partial charge in [-0.15, -0.1) is 0 Å². The van der Waals surface area contributed by atoms with Crippen molar-refractivity contribution in [1.82, 2.24) is 0 Å². The molecule has 1 heterocycles. The topological polar surface area (TPSA) is 38.5 Å². The molecule has 0 radical (unpaired) electrons. The van der Waals surface area contributed by atoms with E-state index in [9.17, 15) is 0 Å². The van der Waals surface area contributed by atoms with E-state index in [1.54, 1.807) is 0 Å². The summed E-state index contributed by atoms with van der Waals surface area (Å²) in [5, 5.41) is 0. The molecular weight excluding hydrogens is 224 g/mol. The van der Waals surface area contributed by atoms with Gasteiger partial charge in [0.25, 0.3) is 0 Å². The van der Waals surface area contributed by atoms with E-state index in [1.165, 1.54) is 11.3 Å². The zero-order chi connectivity index (χ0) is 13.0. The van der Waals surface area contributed by atoms with Gasteiger partial charge in [-0.1, -0.05) is 17.7 Å². The highest BCUT2D eigenvalue weighted by Crippen LogP contribution is 2.24. The highest BCUT2D eigenvalue weighted by Gasteiger charge is 2.29. The van der Waals surface area contributed by atoms with Crippen LogP contribution < -0.4 is 10.6 Å².